The summed E-state index contributed by atoms with van der Waals surface area (Å²) in [6, 6.07) is 32.0. The molecule has 0 amide bonds. The van der Waals surface area contributed by atoms with Crippen molar-refractivity contribution < 1.29 is 9.79 Å². The van der Waals surface area contributed by atoms with Crippen molar-refractivity contribution in [2.75, 3.05) is 6.54 Å². The highest BCUT2D eigenvalue weighted by atomic mass is 32.1. The van der Waals surface area contributed by atoms with Gasteiger partial charge in [0.15, 0.2) is 0 Å². The summed E-state index contributed by atoms with van der Waals surface area (Å²) >= 11 is 5.21. The average molecular weight is 440 g/mol. The molecule has 3 aromatic rings. The van der Waals surface area contributed by atoms with Crippen LogP contribution in [-0.2, 0) is 5.41 Å². The SMILES string of the molecule is OP(O)NCCCCC[C@H](S)C(c1ccccc1)(c1ccccc1)c1ccccc1. The standard InChI is InChI=1S/C25H30NO2PS/c27-29(28)26-20-12-4-11-19-24(30)25(21-13-5-1-6-14-21,22-15-7-2-8-16-22)23-17-9-3-10-18-23/h1-3,5-10,13-18,24,26-28,30H,4,11-12,19-20H2/t24-/m0/s1. The summed E-state index contributed by atoms with van der Waals surface area (Å²) in [6.45, 7) is 0.622. The third kappa shape index (κ3) is 5.51. The molecule has 1 atom stereocenters. The summed E-state index contributed by atoms with van der Waals surface area (Å²) in [5, 5.41) is 2.79. The van der Waals surface area contributed by atoms with Gasteiger partial charge in [-0.1, -0.05) is 104 Å². The van der Waals surface area contributed by atoms with Crippen LogP contribution in [0.3, 0.4) is 0 Å². The zero-order valence-electron chi connectivity index (χ0n) is 17.1. The smallest absolute Gasteiger partial charge is 0.250 e. The Kier molecular flexibility index (Phi) is 8.92. The summed E-state index contributed by atoms with van der Waals surface area (Å²) < 4.78 is 0. The molecule has 158 valence electrons. The lowest BCUT2D eigenvalue weighted by molar-refractivity contribution is 0.460. The largest absolute Gasteiger partial charge is 0.338 e. The van der Waals surface area contributed by atoms with Gasteiger partial charge in [-0.15, -0.1) is 0 Å². The van der Waals surface area contributed by atoms with E-state index in [1.165, 1.54) is 16.7 Å². The van der Waals surface area contributed by atoms with Crippen LogP contribution in [0.4, 0.5) is 0 Å². The van der Waals surface area contributed by atoms with E-state index < -0.39 is 8.53 Å². The van der Waals surface area contributed by atoms with E-state index in [0.717, 1.165) is 25.7 Å². The second-order valence-electron chi connectivity index (χ2n) is 7.47. The fourth-order valence-corrected chi connectivity index (χ4v) is 5.20. The Morgan fingerprint density at radius 3 is 1.53 bits per heavy atom. The van der Waals surface area contributed by atoms with E-state index in [1.807, 2.05) is 0 Å². The summed E-state index contributed by atoms with van der Waals surface area (Å²) in [7, 11) is -2.01. The van der Waals surface area contributed by atoms with E-state index in [0.29, 0.717) is 6.54 Å². The van der Waals surface area contributed by atoms with Crippen molar-refractivity contribution in [2.45, 2.75) is 36.3 Å². The molecule has 30 heavy (non-hydrogen) atoms. The van der Waals surface area contributed by atoms with Gasteiger partial charge in [0.05, 0.1) is 5.41 Å². The van der Waals surface area contributed by atoms with Crippen LogP contribution in [0.1, 0.15) is 42.4 Å². The van der Waals surface area contributed by atoms with Crippen molar-refractivity contribution in [3.05, 3.63) is 108 Å². The summed E-state index contributed by atoms with van der Waals surface area (Å²) in [5.41, 5.74) is 3.39. The number of nitrogens with one attached hydrogen (secondary N) is 1. The first-order valence-corrected chi connectivity index (χ1v) is 12.2. The van der Waals surface area contributed by atoms with Crippen LogP contribution in [-0.4, -0.2) is 21.6 Å². The highest BCUT2D eigenvalue weighted by Crippen LogP contribution is 2.45. The lowest BCUT2D eigenvalue weighted by Gasteiger charge is -2.41. The first-order chi connectivity index (χ1) is 14.7. The highest BCUT2D eigenvalue weighted by Gasteiger charge is 2.41. The molecule has 0 aliphatic heterocycles. The van der Waals surface area contributed by atoms with Crippen LogP contribution >= 0.6 is 21.2 Å². The molecule has 0 fully saturated rings. The maximum atomic E-state index is 8.98. The first-order valence-electron chi connectivity index (χ1n) is 10.4. The molecule has 3 rings (SSSR count). The van der Waals surface area contributed by atoms with Gasteiger partial charge >= 0.3 is 0 Å². The van der Waals surface area contributed by atoms with E-state index in [-0.39, 0.29) is 10.7 Å². The Morgan fingerprint density at radius 1 is 0.700 bits per heavy atom. The minimum absolute atomic E-state index is 0.0884. The van der Waals surface area contributed by atoms with Gasteiger partial charge in [0.2, 0.25) is 8.53 Å². The number of unbranched alkanes of at least 4 members (excludes halogenated alkanes) is 2. The normalized spacial score (nSPS) is 12.8. The van der Waals surface area contributed by atoms with E-state index in [4.69, 9.17) is 22.4 Å². The summed E-state index contributed by atoms with van der Waals surface area (Å²) in [4.78, 5) is 18.0. The lowest BCUT2D eigenvalue weighted by atomic mass is 9.66. The molecule has 0 saturated carbocycles. The van der Waals surface area contributed by atoms with Crippen LogP contribution in [0.25, 0.3) is 0 Å². The second kappa shape index (κ2) is 11.6. The zero-order valence-corrected chi connectivity index (χ0v) is 18.9. The number of thiol groups is 1. The Hall–Kier alpha value is -1.68. The molecular weight excluding hydrogens is 409 g/mol. The topological polar surface area (TPSA) is 52.5 Å². The number of benzene rings is 3. The molecule has 3 aromatic carbocycles. The molecule has 0 radical (unpaired) electrons. The molecule has 0 unspecified atom stereocenters. The fourth-order valence-electron chi connectivity index (χ4n) is 4.22. The van der Waals surface area contributed by atoms with E-state index >= 15 is 0 Å². The molecule has 0 aliphatic rings. The Balaban J connectivity index is 1.93. The maximum Gasteiger partial charge on any atom is 0.250 e. The van der Waals surface area contributed by atoms with Gasteiger partial charge in [-0.3, -0.25) is 5.09 Å². The van der Waals surface area contributed by atoms with Crippen molar-refractivity contribution in [1.29, 1.82) is 0 Å². The molecule has 3 N–H and O–H groups in total. The average Bonchev–Trinajstić information content (AvgIpc) is 2.79. The molecule has 0 aromatic heterocycles. The van der Waals surface area contributed by atoms with Gasteiger partial charge in [-0.25, -0.2) is 0 Å². The van der Waals surface area contributed by atoms with E-state index in [1.54, 1.807) is 0 Å². The van der Waals surface area contributed by atoms with Crippen molar-refractivity contribution in [1.82, 2.24) is 5.09 Å². The first kappa shape index (κ1) is 23.0. The molecular formula is C25H30NO2PS. The van der Waals surface area contributed by atoms with Crippen molar-refractivity contribution in [2.24, 2.45) is 0 Å². The lowest BCUT2D eigenvalue weighted by Crippen LogP contribution is -2.39. The fraction of sp³-hybridized carbons (Fsp3) is 0.280. The van der Waals surface area contributed by atoms with Crippen LogP contribution in [0.2, 0.25) is 0 Å². The monoisotopic (exact) mass is 439 g/mol. The second-order valence-corrected chi connectivity index (χ2v) is 8.99. The van der Waals surface area contributed by atoms with Crippen LogP contribution < -0.4 is 5.09 Å². The van der Waals surface area contributed by atoms with Crippen LogP contribution in [0, 0.1) is 0 Å². The van der Waals surface area contributed by atoms with Crippen LogP contribution in [0.5, 0.6) is 0 Å². The van der Waals surface area contributed by atoms with Gasteiger partial charge in [-0.05, 0) is 29.5 Å². The zero-order chi connectivity index (χ0) is 21.2. The van der Waals surface area contributed by atoms with Gasteiger partial charge < -0.3 is 9.79 Å². The highest BCUT2D eigenvalue weighted by molar-refractivity contribution is 7.81. The number of hydrogen-bond donors (Lipinski definition) is 4. The van der Waals surface area contributed by atoms with Crippen molar-refractivity contribution in [3.8, 4) is 0 Å². The summed E-state index contributed by atoms with van der Waals surface area (Å²) in [5.74, 6) is 0. The van der Waals surface area contributed by atoms with Crippen molar-refractivity contribution >= 4 is 21.2 Å². The predicted molar refractivity (Wildman–Crippen MR) is 130 cm³/mol. The minimum atomic E-state index is -2.01. The molecule has 5 heteroatoms. The quantitative estimate of drug-likeness (QED) is 0.135. The van der Waals surface area contributed by atoms with Gasteiger partial charge in [0, 0.05) is 11.8 Å². The molecule has 3 nitrogen and oxygen atoms in total. The Labute approximate surface area is 186 Å². The minimum Gasteiger partial charge on any atom is -0.338 e. The van der Waals surface area contributed by atoms with Crippen LogP contribution in [0.15, 0.2) is 91.0 Å². The van der Waals surface area contributed by atoms with Gasteiger partial charge in [-0.2, -0.15) is 12.6 Å². The summed E-state index contributed by atoms with van der Waals surface area (Å²) in [6.07, 6.45) is 3.91. The molecule has 0 saturated heterocycles. The van der Waals surface area contributed by atoms with Crippen molar-refractivity contribution in [3.63, 3.8) is 0 Å². The Bertz CT molecular complexity index is 765. The Morgan fingerprint density at radius 2 is 1.13 bits per heavy atom. The molecule has 0 aliphatic carbocycles. The third-order valence-electron chi connectivity index (χ3n) is 5.59. The number of hydrogen-bond acceptors (Lipinski definition) is 4. The van der Waals surface area contributed by atoms with Gasteiger partial charge in [0.1, 0.15) is 0 Å². The van der Waals surface area contributed by atoms with E-state index in [2.05, 4.69) is 96.1 Å². The van der Waals surface area contributed by atoms with Gasteiger partial charge in [0.25, 0.3) is 0 Å². The molecule has 0 bridgehead atoms. The predicted octanol–water partition coefficient (Wildman–Crippen LogP) is 5.68. The molecule has 0 spiro atoms. The van der Waals surface area contributed by atoms with E-state index in [9.17, 15) is 0 Å². The molecule has 0 heterocycles. The third-order valence-corrected chi connectivity index (χ3v) is 6.75. The number of rotatable bonds is 11. The maximum absolute atomic E-state index is 8.98.